The predicted octanol–water partition coefficient (Wildman–Crippen LogP) is 2.55. The highest BCUT2D eigenvalue weighted by atomic mass is 127. The molecule has 9 heteroatoms. The molecule has 0 saturated carbocycles. The molecule has 1 N–H and O–H groups in total. The van der Waals surface area contributed by atoms with Crippen molar-refractivity contribution in [3.8, 4) is 17.7 Å². The first-order valence-corrected chi connectivity index (χ1v) is 9.24. The highest BCUT2D eigenvalue weighted by Crippen LogP contribution is 2.22. The molecular formula is C19H19IN4O4. The van der Waals surface area contributed by atoms with Gasteiger partial charge in [-0.15, -0.1) is 0 Å². The van der Waals surface area contributed by atoms with Crippen LogP contribution in [0.4, 0.5) is 0 Å². The Morgan fingerprint density at radius 2 is 2.18 bits per heavy atom. The second kappa shape index (κ2) is 10.6. The van der Waals surface area contributed by atoms with E-state index in [4.69, 9.17) is 14.2 Å². The lowest BCUT2D eigenvalue weighted by Crippen LogP contribution is -2.25. The van der Waals surface area contributed by atoms with Crippen molar-refractivity contribution in [3.63, 3.8) is 0 Å². The summed E-state index contributed by atoms with van der Waals surface area (Å²) in [5.74, 6) is 0.389. The molecule has 0 atom stereocenters. The Hall–Kier alpha value is -2.71. The van der Waals surface area contributed by atoms with Crippen molar-refractivity contribution >= 4 is 34.7 Å². The number of hydrogen-bond acceptors (Lipinski definition) is 7. The Bertz CT molecular complexity index is 925. The molecule has 0 aliphatic carbocycles. The third-order valence-corrected chi connectivity index (χ3v) is 4.37. The molecule has 28 heavy (non-hydrogen) atoms. The summed E-state index contributed by atoms with van der Waals surface area (Å²) in [4.78, 5) is 16.1. The van der Waals surface area contributed by atoms with E-state index in [1.165, 1.54) is 13.3 Å². The molecule has 1 aromatic heterocycles. The number of aryl methyl sites for hydroxylation is 1. The fourth-order valence-corrected chi connectivity index (χ4v) is 3.07. The van der Waals surface area contributed by atoms with E-state index in [1.807, 2.05) is 24.3 Å². The van der Waals surface area contributed by atoms with Crippen LogP contribution in [0.25, 0.3) is 0 Å². The lowest BCUT2D eigenvalue weighted by Gasteiger charge is -2.10. The van der Waals surface area contributed by atoms with Crippen molar-refractivity contribution in [2.24, 2.45) is 5.10 Å². The van der Waals surface area contributed by atoms with Gasteiger partial charge < -0.3 is 14.2 Å². The number of hydrazone groups is 1. The van der Waals surface area contributed by atoms with Gasteiger partial charge in [0.2, 0.25) is 5.88 Å². The zero-order valence-electron chi connectivity index (χ0n) is 15.7. The topological polar surface area (TPSA) is 106 Å². The number of nitriles is 1. The van der Waals surface area contributed by atoms with Gasteiger partial charge in [0, 0.05) is 18.4 Å². The van der Waals surface area contributed by atoms with Gasteiger partial charge in [-0.2, -0.15) is 10.4 Å². The van der Waals surface area contributed by atoms with Gasteiger partial charge in [-0.1, -0.05) is 0 Å². The molecule has 146 valence electrons. The van der Waals surface area contributed by atoms with Crippen molar-refractivity contribution in [2.45, 2.75) is 13.5 Å². The van der Waals surface area contributed by atoms with Crippen LogP contribution in [0.5, 0.6) is 11.6 Å². The number of benzene rings is 1. The van der Waals surface area contributed by atoms with Crippen LogP contribution in [0, 0.1) is 21.8 Å². The summed E-state index contributed by atoms with van der Waals surface area (Å²) >= 11 is 2.15. The van der Waals surface area contributed by atoms with Crippen molar-refractivity contribution in [1.82, 2.24) is 10.4 Å². The van der Waals surface area contributed by atoms with E-state index in [-0.39, 0.29) is 24.7 Å². The largest absolute Gasteiger partial charge is 0.496 e. The summed E-state index contributed by atoms with van der Waals surface area (Å²) in [5.41, 5.74) is 4.75. The Balaban J connectivity index is 1.97. The van der Waals surface area contributed by atoms with Gasteiger partial charge >= 0.3 is 0 Å². The summed E-state index contributed by atoms with van der Waals surface area (Å²) in [7, 11) is 3.14. The fourth-order valence-electron chi connectivity index (χ4n) is 2.31. The normalized spacial score (nSPS) is 10.5. The molecule has 0 unspecified atom stereocenters. The van der Waals surface area contributed by atoms with Crippen LogP contribution in [-0.4, -0.2) is 37.9 Å². The number of methoxy groups -OCH3 is 2. The summed E-state index contributed by atoms with van der Waals surface area (Å²) < 4.78 is 16.6. The van der Waals surface area contributed by atoms with Crippen molar-refractivity contribution in [1.29, 1.82) is 5.26 Å². The zero-order valence-corrected chi connectivity index (χ0v) is 17.8. The van der Waals surface area contributed by atoms with Gasteiger partial charge in [-0.25, -0.2) is 10.4 Å². The zero-order chi connectivity index (χ0) is 20.5. The number of carbonyl (C=O) groups excluding carboxylic acids is 1. The Morgan fingerprint density at radius 3 is 2.82 bits per heavy atom. The van der Waals surface area contributed by atoms with E-state index >= 15 is 0 Å². The van der Waals surface area contributed by atoms with Crippen LogP contribution in [-0.2, 0) is 16.1 Å². The highest BCUT2D eigenvalue weighted by molar-refractivity contribution is 14.1. The summed E-state index contributed by atoms with van der Waals surface area (Å²) in [6, 6.07) is 9.30. The van der Waals surface area contributed by atoms with Gasteiger partial charge in [0.15, 0.2) is 6.61 Å². The monoisotopic (exact) mass is 494 g/mol. The minimum absolute atomic E-state index is 0.0957. The lowest BCUT2D eigenvalue weighted by atomic mass is 10.1. The number of rotatable bonds is 8. The molecule has 1 amide bonds. The van der Waals surface area contributed by atoms with E-state index in [0.717, 1.165) is 14.9 Å². The number of hydrogen-bond donors (Lipinski definition) is 1. The van der Waals surface area contributed by atoms with E-state index in [2.05, 4.69) is 38.1 Å². The number of amides is 1. The van der Waals surface area contributed by atoms with Crippen LogP contribution >= 0.6 is 22.6 Å². The molecule has 0 aliphatic heterocycles. The SMILES string of the molecule is COCc1cc(C)nc(OCC(=O)N/N=C/c2ccc(OC)c(I)c2)c1C#N. The first-order valence-electron chi connectivity index (χ1n) is 8.16. The summed E-state index contributed by atoms with van der Waals surface area (Å²) in [5, 5.41) is 13.3. The number of ether oxygens (including phenoxy) is 3. The summed E-state index contributed by atoms with van der Waals surface area (Å²) in [6.07, 6.45) is 1.52. The Kier molecular flexibility index (Phi) is 8.16. The molecule has 0 spiro atoms. The second-order valence-corrected chi connectivity index (χ2v) is 6.79. The fraction of sp³-hybridized carbons (Fsp3) is 0.263. The molecule has 0 aliphatic rings. The first-order chi connectivity index (χ1) is 13.5. The number of carbonyl (C=O) groups is 1. The van der Waals surface area contributed by atoms with E-state index in [0.29, 0.717) is 11.3 Å². The maximum absolute atomic E-state index is 12.0. The van der Waals surface area contributed by atoms with Crippen LogP contribution in [0.3, 0.4) is 0 Å². The van der Waals surface area contributed by atoms with Crippen LogP contribution in [0.2, 0.25) is 0 Å². The maximum atomic E-state index is 12.0. The Morgan fingerprint density at radius 1 is 1.39 bits per heavy atom. The molecule has 2 rings (SSSR count). The highest BCUT2D eigenvalue weighted by Gasteiger charge is 2.14. The first kappa shape index (κ1) is 21.6. The third kappa shape index (κ3) is 5.90. The van der Waals surface area contributed by atoms with Gasteiger partial charge in [0.1, 0.15) is 17.4 Å². The van der Waals surface area contributed by atoms with Gasteiger partial charge in [-0.05, 0) is 59.3 Å². The number of pyridine rings is 1. The van der Waals surface area contributed by atoms with E-state index < -0.39 is 5.91 Å². The quantitative estimate of drug-likeness (QED) is 0.344. The van der Waals surface area contributed by atoms with Crippen LogP contribution in [0.1, 0.15) is 22.4 Å². The molecule has 8 nitrogen and oxygen atoms in total. The number of nitrogens with one attached hydrogen (secondary N) is 1. The average Bonchev–Trinajstić information content (AvgIpc) is 2.66. The van der Waals surface area contributed by atoms with Gasteiger partial charge in [0.25, 0.3) is 5.91 Å². The van der Waals surface area contributed by atoms with Crippen molar-refractivity contribution < 1.29 is 19.0 Å². The maximum Gasteiger partial charge on any atom is 0.278 e. The molecule has 2 aromatic rings. The van der Waals surface area contributed by atoms with Gasteiger partial charge in [0.05, 0.1) is 23.5 Å². The van der Waals surface area contributed by atoms with Gasteiger partial charge in [-0.3, -0.25) is 4.79 Å². The molecule has 0 radical (unpaired) electrons. The smallest absolute Gasteiger partial charge is 0.278 e. The van der Waals surface area contributed by atoms with E-state index in [1.54, 1.807) is 20.1 Å². The molecule has 1 heterocycles. The molecule has 1 aromatic carbocycles. The van der Waals surface area contributed by atoms with Crippen molar-refractivity contribution in [3.05, 3.63) is 50.2 Å². The average molecular weight is 494 g/mol. The molecular weight excluding hydrogens is 475 g/mol. The molecule has 0 fully saturated rings. The van der Waals surface area contributed by atoms with E-state index in [9.17, 15) is 10.1 Å². The minimum Gasteiger partial charge on any atom is -0.496 e. The number of nitrogens with zero attached hydrogens (tertiary/aromatic N) is 3. The van der Waals surface area contributed by atoms with Crippen LogP contribution < -0.4 is 14.9 Å². The molecule has 0 saturated heterocycles. The second-order valence-electron chi connectivity index (χ2n) is 5.62. The minimum atomic E-state index is -0.472. The standard InChI is InChI=1S/C19H19IN4O4/c1-12-6-14(10-26-2)15(8-21)19(23-12)28-11-18(25)24-22-9-13-4-5-17(27-3)16(20)7-13/h4-7,9H,10-11H2,1-3H3,(H,24,25)/b22-9+. The lowest BCUT2D eigenvalue weighted by molar-refractivity contribution is -0.123. The predicted molar refractivity (Wildman–Crippen MR) is 111 cm³/mol. The Labute approximate surface area is 176 Å². The third-order valence-electron chi connectivity index (χ3n) is 3.53. The molecule has 0 bridgehead atoms. The number of aromatic nitrogens is 1. The number of halogens is 1. The van der Waals surface area contributed by atoms with Crippen LogP contribution in [0.15, 0.2) is 29.4 Å². The summed E-state index contributed by atoms with van der Waals surface area (Å²) in [6.45, 7) is 1.70. The van der Waals surface area contributed by atoms with Crippen molar-refractivity contribution in [2.75, 3.05) is 20.8 Å².